The first-order chi connectivity index (χ1) is 10.9. The fourth-order valence-electron chi connectivity index (χ4n) is 3.07. The highest BCUT2D eigenvalue weighted by Crippen LogP contribution is 2.12. The predicted molar refractivity (Wildman–Crippen MR) is 104 cm³/mol. The summed E-state index contributed by atoms with van der Waals surface area (Å²) in [5.41, 5.74) is 0. The Morgan fingerprint density at radius 3 is 1.32 bits per heavy atom. The van der Waals surface area contributed by atoms with Crippen molar-refractivity contribution in [2.75, 3.05) is 0 Å². The molecule has 0 aromatic carbocycles. The van der Waals surface area contributed by atoms with E-state index >= 15 is 0 Å². The summed E-state index contributed by atoms with van der Waals surface area (Å²) in [6.45, 7) is 3.47. The van der Waals surface area contributed by atoms with E-state index in [1.54, 1.807) is 0 Å². The van der Waals surface area contributed by atoms with Gasteiger partial charge < -0.3 is 10.9 Å². The van der Waals surface area contributed by atoms with Crippen molar-refractivity contribution in [2.24, 2.45) is 0 Å². The summed E-state index contributed by atoms with van der Waals surface area (Å²) in [4.78, 5) is 0. The Hall–Kier alpha value is -1.03. The highest BCUT2D eigenvalue weighted by molar-refractivity contribution is 4.83. The van der Waals surface area contributed by atoms with Gasteiger partial charge in [-0.15, -0.1) is 0 Å². The molecule has 0 amide bonds. The Kier molecular flexibility index (Phi) is 26.4. The van der Waals surface area contributed by atoms with Crippen LogP contribution in [-0.2, 0) is 6.54 Å². The maximum Gasteiger partial charge on any atom is 0.168 e. The summed E-state index contributed by atoms with van der Waals surface area (Å²) in [7, 11) is 0. The summed E-state index contributed by atoms with van der Waals surface area (Å²) in [5, 5.41) is 0. The lowest BCUT2D eigenvalue weighted by Gasteiger charge is -2.02. The Bertz CT molecular complexity index is 334. The molecule has 3 N–H and O–H groups in total. The lowest BCUT2D eigenvalue weighted by atomic mass is 10.0. The number of pyridine rings is 1. The number of hydrogen-bond acceptors (Lipinski definition) is 1. The van der Waals surface area contributed by atoms with Crippen LogP contribution in [0.15, 0.2) is 30.6 Å². The molecule has 0 atom stereocenters. The molecule has 1 rings (SSSR count). The maximum absolute atomic E-state index is 2.29. The number of aromatic nitrogens is 1. The van der Waals surface area contributed by atoms with Crippen LogP contribution in [0.2, 0.25) is 0 Å². The van der Waals surface area contributed by atoms with E-state index in [9.17, 15) is 0 Å². The molecule has 2 nitrogen and oxygen atoms in total. The van der Waals surface area contributed by atoms with Crippen molar-refractivity contribution < 1.29 is 14.0 Å². The third kappa shape index (κ3) is 19.1. The van der Waals surface area contributed by atoms with Crippen LogP contribution in [0.1, 0.15) is 96.8 Å². The number of aryl methyl sites for hydroxylation is 1. The minimum atomic E-state index is 0. The smallest absolute Gasteiger partial charge is 0.168 e. The molecule has 1 aromatic heterocycles. The maximum atomic E-state index is 2.29. The molecule has 0 aliphatic carbocycles. The average molecular weight is 361 g/mol. The summed E-state index contributed by atoms with van der Waals surface area (Å²) >= 11 is 0. The van der Waals surface area contributed by atoms with Gasteiger partial charge in [-0.2, -0.15) is 0 Å². The number of unbranched alkanes of at least 4 members (excludes halogenated alkanes) is 13. The van der Waals surface area contributed by atoms with Gasteiger partial charge in [0.1, 0.15) is 6.54 Å². The van der Waals surface area contributed by atoms with Crippen LogP contribution in [0.4, 0.5) is 4.70 Å². The quantitative estimate of drug-likeness (QED) is 0.375. The van der Waals surface area contributed by atoms with Crippen LogP contribution in [0.5, 0.6) is 0 Å². The van der Waals surface area contributed by atoms with Crippen LogP contribution in [-0.4, -0.2) is 0 Å². The number of rotatable bonds is 15. The van der Waals surface area contributed by atoms with Gasteiger partial charge in [-0.3, -0.25) is 4.70 Å². The molecule has 0 aliphatic rings. The molecule has 150 valence electrons. The molecule has 0 bridgehead atoms. The zero-order chi connectivity index (χ0) is 15.7. The van der Waals surface area contributed by atoms with Crippen molar-refractivity contribution in [3.05, 3.63) is 30.6 Å². The van der Waals surface area contributed by atoms with Crippen LogP contribution < -0.4 is 15.4 Å². The first kappa shape index (κ1) is 28.8. The van der Waals surface area contributed by atoms with Gasteiger partial charge in [-0.25, -0.2) is 4.57 Å². The van der Waals surface area contributed by atoms with Crippen LogP contribution >= 0.6 is 0 Å². The van der Waals surface area contributed by atoms with Crippen molar-refractivity contribution in [1.82, 2.24) is 6.15 Å². The molecule has 0 unspecified atom stereocenters. The Morgan fingerprint density at radius 1 is 0.560 bits per heavy atom. The van der Waals surface area contributed by atoms with E-state index in [1.165, 1.54) is 96.4 Å². The second-order valence-electron chi connectivity index (χ2n) is 6.71. The topological polar surface area (TPSA) is 38.9 Å². The van der Waals surface area contributed by atoms with E-state index in [-0.39, 0.29) is 15.6 Å². The Balaban J connectivity index is -0.00000161. The Morgan fingerprint density at radius 2 is 0.920 bits per heavy atom. The van der Waals surface area contributed by atoms with Crippen LogP contribution in [0.25, 0.3) is 0 Å². The fourth-order valence-corrected chi connectivity index (χ4v) is 3.07. The summed E-state index contributed by atoms with van der Waals surface area (Å²) < 4.78 is 2.29. The first-order valence-electron chi connectivity index (χ1n) is 9.87. The molecule has 1 aromatic rings. The van der Waals surface area contributed by atoms with E-state index in [1.807, 2.05) is 0 Å². The second-order valence-corrected chi connectivity index (χ2v) is 6.71. The molecule has 25 heavy (non-hydrogen) atoms. The second kappa shape index (κ2) is 23.0. The van der Waals surface area contributed by atoms with E-state index in [2.05, 4.69) is 42.1 Å². The van der Waals surface area contributed by atoms with Crippen molar-refractivity contribution in [1.29, 1.82) is 0 Å². The number of halogens is 2. The van der Waals surface area contributed by atoms with Gasteiger partial charge >= 0.3 is 0 Å². The van der Waals surface area contributed by atoms with E-state index in [4.69, 9.17) is 0 Å². The zero-order valence-corrected chi connectivity index (χ0v) is 16.4. The molecule has 0 fully saturated rings. The van der Waals surface area contributed by atoms with Crippen molar-refractivity contribution in [3.63, 3.8) is 0 Å². The normalized spacial score (nSPS) is 9.64. The first-order valence-corrected chi connectivity index (χ1v) is 9.87. The molecule has 0 saturated carbocycles. The van der Waals surface area contributed by atoms with Gasteiger partial charge in [0, 0.05) is 18.6 Å². The number of hydrogen-bond donors (Lipinski definition) is 1. The zero-order valence-electron chi connectivity index (χ0n) is 16.4. The van der Waals surface area contributed by atoms with Gasteiger partial charge in [0.25, 0.3) is 0 Å². The highest BCUT2D eigenvalue weighted by Gasteiger charge is 1.98. The monoisotopic (exact) mass is 360 g/mol. The lowest BCUT2D eigenvalue weighted by Crippen LogP contribution is -3.00. The summed E-state index contributed by atoms with van der Waals surface area (Å²) in [5.74, 6) is 0. The largest absolute Gasteiger partial charge is 1.00 e. The molecule has 1 heterocycles. The fraction of sp³-hybridized carbons (Fsp3) is 0.762. The Labute approximate surface area is 154 Å². The summed E-state index contributed by atoms with van der Waals surface area (Å²) in [6, 6.07) is 6.31. The molecule has 0 saturated heterocycles. The molecule has 0 aliphatic heterocycles. The van der Waals surface area contributed by atoms with Crippen molar-refractivity contribution in [2.45, 2.75) is 103 Å². The predicted octanol–water partition coefficient (Wildman–Crippen LogP) is 3.77. The van der Waals surface area contributed by atoms with Crippen LogP contribution in [0.3, 0.4) is 0 Å². The standard InChI is InChI=1S/C21H38N.2FH.H3N/c1-2-3-4-5-6-7-8-9-10-11-12-13-14-16-19-22-20-17-15-18-21-22;;;/h15,17-18,20-21H,2-14,16,19H2,1H3;2*1H;1H3/q+1;;;/p-1. The van der Waals surface area contributed by atoms with Gasteiger partial charge in [-0.05, 0) is 6.42 Å². The van der Waals surface area contributed by atoms with Gasteiger partial charge in [0.15, 0.2) is 12.4 Å². The van der Waals surface area contributed by atoms with E-state index in [0.29, 0.717) is 0 Å². The molecular weight excluding hydrogens is 318 g/mol. The molecule has 4 heteroatoms. The number of nitrogens with zero attached hydrogens (tertiary/aromatic N) is 1. The highest BCUT2D eigenvalue weighted by atomic mass is 19.0. The van der Waals surface area contributed by atoms with E-state index in [0.717, 1.165) is 0 Å². The summed E-state index contributed by atoms with van der Waals surface area (Å²) in [6.07, 6.45) is 24.4. The van der Waals surface area contributed by atoms with Crippen LogP contribution in [0, 0.1) is 0 Å². The van der Waals surface area contributed by atoms with Gasteiger partial charge in [0.05, 0.1) is 0 Å². The van der Waals surface area contributed by atoms with E-state index < -0.39 is 0 Å². The van der Waals surface area contributed by atoms with Gasteiger partial charge in [0.2, 0.25) is 0 Å². The average Bonchev–Trinajstić information content (AvgIpc) is 2.56. The minimum Gasteiger partial charge on any atom is -1.00 e. The van der Waals surface area contributed by atoms with Gasteiger partial charge in [-0.1, -0.05) is 90.0 Å². The van der Waals surface area contributed by atoms with Crippen molar-refractivity contribution in [3.8, 4) is 0 Å². The molecule has 0 spiro atoms. The SMILES string of the molecule is CCCCCCCCCCCCCCCC[n+]1ccccc1.F.N.[F-]. The molecule has 0 radical (unpaired) electrons. The third-order valence-electron chi connectivity index (χ3n) is 4.55. The van der Waals surface area contributed by atoms with Crippen molar-refractivity contribution >= 4 is 0 Å². The lowest BCUT2D eigenvalue weighted by molar-refractivity contribution is -0.697. The third-order valence-corrected chi connectivity index (χ3v) is 4.55. The molecular formula is C21H42F2N2. The minimum absolute atomic E-state index is 0.